The molecule has 3 aromatic rings. The maximum absolute atomic E-state index is 13.2. The van der Waals surface area contributed by atoms with Gasteiger partial charge in [0, 0.05) is 21.9 Å². The van der Waals surface area contributed by atoms with Gasteiger partial charge in [0.15, 0.2) is 0 Å². The van der Waals surface area contributed by atoms with Gasteiger partial charge in [0.2, 0.25) is 0 Å². The molecular weight excluding hydrogens is 472 g/mol. The summed E-state index contributed by atoms with van der Waals surface area (Å²) in [6, 6.07) is 17.2. The average molecular weight is 503 g/mol. The van der Waals surface area contributed by atoms with E-state index in [4.69, 9.17) is 9.47 Å². The van der Waals surface area contributed by atoms with Gasteiger partial charge in [-0.25, -0.2) is 0 Å². The number of carbonyl (C=O) groups is 2. The molecule has 36 heavy (non-hydrogen) atoms. The molecule has 0 fully saturated rings. The van der Waals surface area contributed by atoms with Crippen molar-refractivity contribution in [3.63, 3.8) is 0 Å². The molecule has 0 aliphatic carbocycles. The van der Waals surface area contributed by atoms with Gasteiger partial charge in [-0.2, -0.15) is 0 Å². The molecule has 2 aliphatic rings. The number of nitrogens with zero attached hydrogens (tertiary/aromatic N) is 2. The first-order chi connectivity index (χ1) is 17.6. The highest BCUT2D eigenvalue weighted by atomic mass is 32.2. The molecule has 0 saturated heterocycles. The van der Waals surface area contributed by atoms with Gasteiger partial charge in [-0.05, 0) is 48.9 Å². The maximum atomic E-state index is 13.2. The highest BCUT2D eigenvalue weighted by Gasteiger charge is 2.37. The van der Waals surface area contributed by atoms with Crippen molar-refractivity contribution in [1.82, 2.24) is 4.90 Å². The Morgan fingerprint density at radius 3 is 2.19 bits per heavy atom. The van der Waals surface area contributed by atoms with Crippen LogP contribution in [0.2, 0.25) is 0 Å². The van der Waals surface area contributed by atoms with Gasteiger partial charge in [-0.3, -0.25) is 14.5 Å². The van der Waals surface area contributed by atoms with E-state index in [1.165, 1.54) is 24.2 Å². The molecule has 0 radical (unpaired) electrons. The summed E-state index contributed by atoms with van der Waals surface area (Å²) in [5, 5.41) is 0. The molecule has 3 aromatic carbocycles. The van der Waals surface area contributed by atoms with Crippen LogP contribution < -0.4 is 14.4 Å². The van der Waals surface area contributed by atoms with Crippen molar-refractivity contribution < 1.29 is 19.1 Å². The lowest BCUT2D eigenvalue weighted by Crippen LogP contribution is -2.30. The lowest BCUT2D eigenvalue weighted by atomic mass is 10.1. The van der Waals surface area contributed by atoms with E-state index in [9.17, 15) is 9.59 Å². The van der Waals surface area contributed by atoms with Crippen LogP contribution in [0.5, 0.6) is 11.5 Å². The normalized spacial score (nSPS) is 14.0. The van der Waals surface area contributed by atoms with Crippen LogP contribution in [-0.2, 0) is 6.54 Å². The summed E-state index contributed by atoms with van der Waals surface area (Å²) in [6.45, 7) is 3.24. The standard InChI is InChI=1S/C29H30N2O4S/c1-4-5-6-9-16-30-23-13-12-19(34-2)17-26(23)36-27-22(25(35-3)15-14-24(27)30)18-31-28(32)20-10-7-8-11-21(20)29(31)33/h7-8,10-15,17H,4-6,9,16,18H2,1-3H3. The Morgan fingerprint density at radius 2 is 1.53 bits per heavy atom. The number of amides is 2. The van der Waals surface area contributed by atoms with Gasteiger partial charge in [0.1, 0.15) is 11.5 Å². The second-order valence-electron chi connectivity index (χ2n) is 8.98. The minimum atomic E-state index is -0.269. The van der Waals surface area contributed by atoms with E-state index in [0.717, 1.165) is 45.4 Å². The molecule has 2 aliphatic heterocycles. The fourth-order valence-electron chi connectivity index (χ4n) is 4.91. The zero-order chi connectivity index (χ0) is 25.2. The lowest BCUT2D eigenvalue weighted by molar-refractivity contribution is 0.0640. The molecule has 0 unspecified atom stereocenters. The molecule has 0 spiro atoms. The summed E-state index contributed by atoms with van der Waals surface area (Å²) < 4.78 is 11.3. The quantitative estimate of drug-likeness (QED) is 0.240. The largest absolute Gasteiger partial charge is 0.497 e. The summed E-state index contributed by atoms with van der Waals surface area (Å²) in [5.74, 6) is 0.916. The van der Waals surface area contributed by atoms with Crippen LogP contribution in [0.4, 0.5) is 11.4 Å². The Hall–Kier alpha value is -3.45. The molecule has 0 N–H and O–H groups in total. The zero-order valence-corrected chi connectivity index (χ0v) is 21.7. The number of fused-ring (bicyclic) bond motifs is 3. The molecule has 0 aromatic heterocycles. The molecule has 0 atom stereocenters. The molecular formula is C29H30N2O4S. The highest BCUT2D eigenvalue weighted by Crippen LogP contribution is 2.52. The van der Waals surface area contributed by atoms with Crippen molar-refractivity contribution in [2.75, 3.05) is 25.7 Å². The van der Waals surface area contributed by atoms with Crippen molar-refractivity contribution >= 4 is 35.0 Å². The number of methoxy groups -OCH3 is 2. The average Bonchev–Trinajstić information content (AvgIpc) is 3.15. The topological polar surface area (TPSA) is 59.1 Å². The molecule has 2 heterocycles. The van der Waals surface area contributed by atoms with E-state index in [1.54, 1.807) is 50.2 Å². The van der Waals surface area contributed by atoms with Gasteiger partial charge in [-0.15, -0.1) is 0 Å². The SMILES string of the molecule is CCCCCCN1c2ccc(OC)cc2Sc2c1ccc(OC)c2CN1C(=O)c2ccccc2C1=O. The lowest BCUT2D eigenvalue weighted by Gasteiger charge is -2.35. The number of imide groups is 1. The van der Waals surface area contributed by atoms with Gasteiger partial charge in [-0.1, -0.05) is 50.1 Å². The summed E-state index contributed by atoms with van der Waals surface area (Å²) >= 11 is 1.63. The van der Waals surface area contributed by atoms with Crippen LogP contribution in [0.3, 0.4) is 0 Å². The maximum Gasteiger partial charge on any atom is 0.261 e. The summed E-state index contributed by atoms with van der Waals surface area (Å²) in [5.41, 5.74) is 3.95. The third kappa shape index (κ3) is 4.22. The Kier molecular flexibility index (Phi) is 6.92. The number of ether oxygens (including phenoxy) is 2. The fourth-order valence-corrected chi connectivity index (χ4v) is 6.16. The van der Waals surface area contributed by atoms with Crippen molar-refractivity contribution in [3.8, 4) is 11.5 Å². The smallest absolute Gasteiger partial charge is 0.261 e. The number of carbonyl (C=O) groups excluding carboxylic acids is 2. The molecule has 7 heteroatoms. The minimum absolute atomic E-state index is 0.147. The Morgan fingerprint density at radius 1 is 0.806 bits per heavy atom. The molecule has 186 valence electrons. The molecule has 0 bridgehead atoms. The van der Waals surface area contributed by atoms with Gasteiger partial charge in [0.05, 0.1) is 43.3 Å². The van der Waals surface area contributed by atoms with Crippen molar-refractivity contribution in [2.45, 2.75) is 48.9 Å². The van der Waals surface area contributed by atoms with E-state index in [-0.39, 0.29) is 18.4 Å². The molecule has 5 rings (SSSR count). The van der Waals surface area contributed by atoms with E-state index in [0.29, 0.717) is 16.9 Å². The van der Waals surface area contributed by atoms with Crippen LogP contribution in [0, 0.1) is 0 Å². The van der Waals surface area contributed by atoms with E-state index >= 15 is 0 Å². The number of unbranched alkanes of at least 4 members (excludes halogenated alkanes) is 3. The predicted octanol–water partition coefficient (Wildman–Crippen LogP) is 6.68. The Labute approximate surface area is 216 Å². The first kappa shape index (κ1) is 24.3. The van der Waals surface area contributed by atoms with E-state index in [1.807, 2.05) is 18.2 Å². The molecule has 0 saturated carbocycles. The minimum Gasteiger partial charge on any atom is -0.497 e. The number of hydrogen-bond acceptors (Lipinski definition) is 6. The third-order valence-corrected chi connectivity index (χ3v) is 8.01. The first-order valence-corrected chi connectivity index (χ1v) is 13.2. The van der Waals surface area contributed by atoms with Gasteiger partial charge in [0.25, 0.3) is 11.8 Å². The highest BCUT2D eigenvalue weighted by molar-refractivity contribution is 7.99. The van der Waals surface area contributed by atoms with Gasteiger partial charge >= 0.3 is 0 Å². The Bertz CT molecular complexity index is 1290. The van der Waals surface area contributed by atoms with Gasteiger partial charge < -0.3 is 14.4 Å². The van der Waals surface area contributed by atoms with Crippen LogP contribution in [-0.4, -0.2) is 37.5 Å². The zero-order valence-electron chi connectivity index (χ0n) is 20.9. The Balaban J connectivity index is 1.56. The van der Waals surface area contributed by atoms with Crippen LogP contribution >= 0.6 is 11.8 Å². The number of rotatable bonds is 9. The fraction of sp³-hybridized carbons (Fsp3) is 0.310. The summed E-state index contributed by atoms with van der Waals surface area (Å²) in [4.78, 5) is 32.1. The van der Waals surface area contributed by atoms with Crippen LogP contribution in [0.25, 0.3) is 0 Å². The van der Waals surface area contributed by atoms with Crippen molar-refractivity contribution in [2.24, 2.45) is 0 Å². The van der Waals surface area contributed by atoms with Crippen molar-refractivity contribution in [3.05, 3.63) is 71.3 Å². The summed E-state index contributed by atoms with van der Waals surface area (Å²) in [7, 11) is 3.29. The third-order valence-electron chi connectivity index (χ3n) is 6.81. The second kappa shape index (κ2) is 10.3. The monoisotopic (exact) mass is 502 g/mol. The number of anilines is 2. The number of hydrogen-bond donors (Lipinski definition) is 0. The van der Waals surface area contributed by atoms with Crippen LogP contribution in [0.1, 0.15) is 58.9 Å². The predicted molar refractivity (Wildman–Crippen MR) is 142 cm³/mol. The second-order valence-corrected chi connectivity index (χ2v) is 10.0. The number of benzene rings is 3. The van der Waals surface area contributed by atoms with E-state index in [2.05, 4.69) is 24.0 Å². The van der Waals surface area contributed by atoms with Crippen LogP contribution in [0.15, 0.2) is 64.4 Å². The first-order valence-electron chi connectivity index (χ1n) is 12.4. The molecule has 2 amide bonds. The molecule has 6 nitrogen and oxygen atoms in total. The van der Waals surface area contributed by atoms with Crippen molar-refractivity contribution in [1.29, 1.82) is 0 Å². The summed E-state index contributed by atoms with van der Waals surface area (Å²) in [6.07, 6.45) is 4.63. The van der Waals surface area contributed by atoms with E-state index < -0.39 is 0 Å².